The molecule has 3 aromatic rings. The van der Waals surface area contributed by atoms with Gasteiger partial charge in [-0.2, -0.15) is 5.26 Å². The third-order valence-corrected chi connectivity index (χ3v) is 6.73. The number of nitrogens with one attached hydrogen (secondary N) is 1. The zero-order chi connectivity index (χ0) is 20.0. The van der Waals surface area contributed by atoms with Crippen LogP contribution in [0.4, 0.5) is 5.95 Å². The molecule has 0 amide bonds. The van der Waals surface area contributed by atoms with Gasteiger partial charge in [0, 0.05) is 49.2 Å². The maximum absolute atomic E-state index is 8.85. The van der Waals surface area contributed by atoms with Gasteiger partial charge in [-0.05, 0) is 49.4 Å². The van der Waals surface area contributed by atoms with Crippen LogP contribution in [0, 0.1) is 17.2 Å². The fraction of sp³-hybridized carbons (Fsp3) is 0.435. The van der Waals surface area contributed by atoms with Gasteiger partial charge >= 0.3 is 0 Å². The molecule has 6 heteroatoms. The molecule has 148 valence electrons. The van der Waals surface area contributed by atoms with Gasteiger partial charge in [0.1, 0.15) is 6.07 Å². The fourth-order valence-electron chi connectivity index (χ4n) is 5.41. The Hall–Kier alpha value is -2.91. The lowest BCUT2D eigenvalue weighted by Crippen LogP contribution is -2.48. The lowest BCUT2D eigenvalue weighted by atomic mass is 9.72. The van der Waals surface area contributed by atoms with E-state index in [0.717, 1.165) is 25.9 Å². The molecule has 1 saturated heterocycles. The molecule has 1 aromatic carbocycles. The number of anilines is 1. The summed E-state index contributed by atoms with van der Waals surface area (Å²) < 4.78 is 2.28. The van der Waals surface area contributed by atoms with E-state index in [-0.39, 0.29) is 0 Å². The second-order valence-electron chi connectivity index (χ2n) is 8.55. The number of benzene rings is 1. The number of hydrogen-bond donors (Lipinski definition) is 1. The van der Waals surface area contributed by atoms with E-state index in [1.807, 2.05) is 0 Å². The van der Waals surface area contributed by atoms with E-state index < -0.39 is 0 Å². The van der Waals surface area contributed by atoms with Crippen LogP contribution in [-0.4, -0.2) is 45.6 Å². The van der Waals surface area contributed by atoms with E-state index in [4.69, 9.17) is 5.26 Å². The van der Waals surface area contributed by atoms with Gasteiger partial charge in [-0.15, -0.1) is 0 Å². The normalized spacial score (nSPS) is 23.6. The highest BCUT2D eigenvalue weighted by Gasteiger charge is 2.39. The van der Waals surface area contributed by atoms with Crippen LogP contribution in [0.25, 0.3) is 10.9 Å². The molecule has 1 aliphatic carbocycles. The summed E-state index contributed by atoms with van der Waals surface area (Å²) in [4.78, 5) is 11.0. The Kier molecular flexibility index (Phi) is 4.48. The van der Waals surface area contributed by atoms with Gasteiger partial charge in [-0.25, -0.2) is 9.97 Å². The number of hydrogen-bond acceptors (Lipinski definition) is 5. The molecule has 1 aliphatic heterocycles. The maximum Gasteiger partial charge on any atom is 0.222 e. The monoisotopic (exact) mass is 386 g/mol. The second-order valence-corrected chi connectivity index (χ2v) is 8.55. The molecule has 29 heavy (non-hydrogen) atoms. The smallest absolute Gasteiger partial charge is 0.222 e. The van der Waals surface area contributed by atoms with E-state index in [1.165, 1.54) is 28.5 Å². The number of rotatable bonds is 4. The number of nitrogens with zero attached hydrogens (tertiary/aromatic N) is 5. The molecule has 1 fully saturated rings. The Morgan fingerprint density at radius 1 is 1.24 bits per heavy atom. The Morgan fingerprint density at radius 2 is 2.07 bits per heavy atom. The zero-order valence-electron chi connectivity index (χ0n) is 17.0. The van der Waals surface area contributed by atoms with E-state index in [9.17, 15) is 0 Å². The van der Waals surface area contributed by atoms with E-state index >= 15 is 0 Å². The van der Waals surface area contributed by atoms with Gasteiger partial charge in [0.15, 0.2) is 0 Å². The molecule has 0 spiro atoms. The van der Waals surface area contributed by atoms with Crippen LogP contribution in [0.5, 0.6) is 0 Å². The molecule has 0 unspecified atom stereocenters. The summed E-state index contributed by atoms with van der Waals surface area (Å²) in [5.74, 6) is 1.85. The average molecular weight is 387 g/mol. The molecule has 1 N–H and O–H groups in total. The van der Waals surface area contributed by atoms with Crippen molar-refractivity contribution >= 4 is 16.9 Å². The first kappa shape index (κ1) is 18.1. The minimum absolute atomic E-state index is 0.488. The highest BCUT2D eigenvalue weighted by molar-refractivity contribution is 5.89. The van der Waals surface area contributed by atoms with Crippen molar-refractivity contribution in [1.82, 2.24) is 19.4 Å². The largest absolute Gasteiger partial charge is 0.354 e. The number of nitriles is 1. The van der Waals surface area contributed by atoms with E-state index in [0.29, 0.717) is 29.4 Å². The molecule has 6 nitrogen and oxygen atoms in total. The predicted octanol–water partition coefficient (Wildman–Crippen LogP) is 3.30. The standard InChI is InChI=1S/C23H26N6/c1-28-13-15(6-7-25-23-26-11-16(10-24)12-27-23)8-19-18-4-3-5-20-22(18)17(9-21(19)28)14-29(20)2/h3-5,11-12,14-15,19,21H,6-9,13H2,1-2H3,(H,25,26,27)/t15-,19-,21-/m1/s1. The van der Waals surface area contributed by atoms with Crippen molar-refractivity contribution in [2.24, 2.45) is 13.0 Å². The van der Waals surface area contributed by atoms with Crippen molar-refractivity contribution in [3.63, 3.8) is 0 Å². The lowest BCUT2D eigenvalue weighted by molar-refractivity contribution is 0.109. The van der Waals surface area contributed by atoms with Crippen LogP contribution in [0.3, 0.4) is 0 Å². The molecule has 2 aliphatic rings. The Morgan fingerprint density at radius 3 is 2.86 bits per heavy atom. The molecular formula is C23H26N6. The highest BCUT2D eigenvalue weighted by atomic mass is 15.2. The number of piperidine rings is 1. The van der Waals surface area contributed by atoms with Crippen LogP contribution >= 0.6 is 0 Å². The predicted molar refractivity (Wildman–Crippen MR) is 114 cm³/mol. The van der Waals surface area contributed by atoms with Crippen LogP contribution in [0.15, 0.2) is 36.8 Å². The zero-order valence-corrected chi connectivity index (χ0v) is 17.0. The minimum atomic E-state index is 0.488. The van der Waals surface area contributed by atoms with Crippen LogP contribution in [0.1, 0.15) is 35.4 Å². The quantitative estimate of drug-likeness (QED) is 0.745. The van der Waals surface area contributed by atoms with Crippen molar-refractivity contribution in [3.8, 4) is 6.07 Å². The highest BCUT2D eigenvalue weighted by Crippen LogP contribution is 2.45. The van der Waals surface area contributed by atoms with Gasteiger partial charge in [0.05, 0.1) is 18.0 Å². The number of aromatic nitrogens is 3. The van der Waals surface area contributed by atoms with Crippen molar-refractivity contribution in [2.75, 3.05) is 25.5 Å². The summed E-state index contributed by atoms with van der Waals surface area (Å²) in [5, 5.41) is 13.7. The summed E-state index contributed by atoms with van der Waals surface area (Å²) in [6, 6.07) is 9.46. The van der Waals surface area contributed by atoms with Gasteiger partial charge in [-0.3, -0.25) is 0 Å². The minimum Gasteiger partial charge on any atom is -0.354 e. The number of likely N-dealkylation sites (N-methyl/N-ethyl adjacent to an activating group) is 1. The number of aryl methyl sites for hydroxylation is 1. The molecule has 0 saturated carbocycles. The van der Waals surface area contributed by atoms with Crippen molar-refractivity contribution in [2.45, 2.75) is 31.2 Å². The Balaban J connectivity index is 1.30. The summed E-state index contributed by atoms with van der Waals surface area (Å²) >= 11 is 0. The van der Waals surface area contributed by atoms with Gasteiger partial charge in [-0.1, -0.05) is 12.1 Å². The molecule has 3 atom stereocenters. The number of likely N-dealkylation sites (tertiary alicyclic amines) is 1. The first-order valence-electron chi connectivity index (χ1n) is 10.4. The van der Waals surface area contributed by atoms with Gasteiger partial charge < -0.3 is 14.8 Å². The Labute approximate surface area is 171 Å². The van der Waals surface area contributed by atoms with Gasteiger partial charge in [0.25, 0.3) is 0 Å². The summed E-state index contributed by atoms with van der Waals surface area (Å²) in [7, 11) is 4.45. The first-order chi connectivity index (χ1) is 14.1. The SMILES string of the molecule is CN1C[C@H](CCNc2ncc(C#N)cn2)C[C@@H]2c3cccc4c3c(cn4C)C[C@H]21. The average Bonchev–Trinajstić information content (AvgIpc) is 3.06. The summed E-state index contributed by atoms with van der Waals surface area (Å²) in [5.41, 5.74) is 4.89. The second kappa shape index (κ2) is 7.16. The lowest BCUT2D eigenvalue weighted by Gasteiger charge is -2.45. The van der Waals surface area contributed by atoms with Crippen molar-refractivity contribution < 1.29 is 0 Å². The first-order valence-corrected chi connectivity index (χ1v) is 10.4. The third kappa shape index (κ3) is 3.16. The van der Waals surface area contributed by atoms with Crippen LogP contribution < -0.4 is 5.32 Å². The molecule has 0 radical (unpaired) electrons. The van der Waals surface area contributed by atoms with Crippen LogP contribution in [-0.2, 0) is 13.5 Å². The van der Waals surface area contributed by atoms with Crippen LogP contribution in [0.2, 0.25) is 0 Å². The number of fused-ring (bicyclic) bond motifs is 2. The van der Waals surface area contributed by atoms with E-state index in [1.54, 1.807) is 12.4 Å². The maximum atomic E-state index is 8.85. The fourth-order valence-corrected chi connectivity index (χ4v) is 5.41. The molecule has 3 heterocycles. The summed E-state index contributed by atoms with van der Waals surface area (Å²) in [6.07, 6.45) is 8.93. The summed E-state index contributed by atoms with van der Waals surface area (Å²) in [6.45, 7) is 1.98. The topological polar surface area (TPSA) is 69.8 Å². The van der Waals surface area contributed by atoms with E-state index in [2.05, 4.69) is 69.3 Å². The molecular weight excluding hydrogens is 360 g/mol. The molecule has 5 rings (SSSR count). The van der Waals surface area contributed by atoms with Crippen molar-refractivity contribution in [3.05, 3.63) is 53.5 Å². The molecule has 2 aromatic heterocycles. The molecule has 0 bridgehead atoms. The Bertz CT molecular complexity index is 1080. The van der Waals surface area contributed by atoms with Crippen molar-refractivity contribution in [1.29, 1.82) is 5.26 Å². The van der Waals surface area contributed by atoms with Gasteiger partial charge in [0.2, 0.25) is 5.95 Å². The third-order valence-electron chi connectivity index (χ3n) is 6.73.